The molecule has 0 aliphatic carbocycles. The third kappa shape index (κ3) is 4.30. The molecule has 0 spiro atoms. The van der Waals surface area contributed by atoms with Gasteiger partial charge in [-0.3, -0.25) is 4.90 Å². The van der Waals surface area contributed by atoms with Gasteiger partial charge in [-0.15, -0.1) is 0 Å². The number of ether oxygens (including phenoxy) is 3. The molecule has 130 valence electrons. The number of nitrogens with zero attached hydrogens (tertiary/aromatic N) is 1. The largest absolute Gasteiger partial charge is 0.493 e. The van der Waals surface area contributed by atoms with E-state index in [1.807, 2.05) is 0 Å². The van der Waals surface area contributed by atoms with E-state index in [0.717, 1.165) is 44.1 Å². The summed E-state index contributed by atoms with van der Waals surface area (Å²) in [5.74, 6) is 2.13. The minimum Gasteiger partial charge on any atom is -0.493 e. The van der Waals surface area contributed by atoms with Gasteiger partial charge in [-0.2, -0.15) is 0 Å². The quantitative estimate of drug-likeness (QED) is 0.797. The van der Waals surface area contributed by atoms with Crippen molar-refractivity contribution in [2.24, 2.45) is 0 Å². The van der Waals surface area contributed by atoms with Crippen LogP contribution in [0.5, 0.6) is 17.2 Å². The SMILES string of the molecule is CCCC[C@@H](c1cc(OC)c(OC)c(OC)c1)N1CCNCC1. The molecule has 1 heterocycles. The van der Waals surface area contributed by atoms with Gasteiger partial charge >= 0.3 is 0 Å². The third-order valence-corrected chi connectivity index (χ3v) is 4.50. The average molecular weight is 322 g/mol. The van der Waals surface area contributed by atoms with Crippen molar-refractivity contribution in [1.82, 2.24) is 10.2 Å². The summed E-state index contributed by atoms with van der Waals surface area (Å²) < 4.78 is 16.5. The maximum Gasteiger partial charge on any atom is 0.203 e. The van der Waals surface area contributed by atoms with Gasteiger partial charge in [0.15, 0.2) is 11.5 Å². The zero-order valence-electron chi connectivity index (χ0n) is 14.9. The zero-order valence-corrected chi connectivity index (χ0v) is 14.9. The number of benzene rings is 1. The summed E-state index contributed by atoms with van der Waals surface area (Å²) in [5, 5.41) is 3.43. The Morgan fingerprint density at radius 3 is 2.13 bits per heavy atom. The van der Waals surface area contributed by atoms with Gasteiger partial charge in [-0.1, -0.05) is 19.8 Å². The lowest BCUT2D eigenvalue weighted by Crippen LogP contribution is -2.45. The van der Waals surface area contributed by atoms with Crippen LogP contribution in [0.25, 0.3) is 0 Å². The molecule has 1 N–H and O–H groups in total. The standard InChI is InChI=1S/C18H30N2O3/c1-5-6-7-15(20-10-8-19-9-11-20)14-12-16(21-2)18(23-4)17(13-14)22-3/h12-13,15,19H,5-11H2,1-4H3/t15-/m0/s1. The smallest absolute Gasteiger partial charge is 0.203 e. The molecule has 1 aromatic rings. The number of piperazine rings is 1. The van der Waals surface area contributed by atoms with E-state index in [1.165, 1.54) is 18.4 Å². The van der Waals surface area contributed by atoms with Crippen LogP contribution >= 0.6 is 0 Å². The highest BCUT2D eigenvalue weighted by Gasteiger charge is 2.24. The van der Waals surface area contributed by atoms with Gasteiger partial charge in [0.25, 0.3) is 0 Å². The van der Waals surface area contributed by atoms with Crippen LogP contribution in [0.4, 0.5) is 0 Å². The monoisotopic (exact) mass is 322 g/mol. The lowest BCUT2D eigenvalue weighted by atomic mass is 9.97. The summed E-state index contributed by atoms with van der Waals surface area (Å²) in [7, 11) is 4.99. The molecule has 1 aromatic carbocycles. The normalized spacial score (nSPS) is 16.9. The first-order valence-electron chi connectivity index (χ1n) is 8.49. The summed E-state index contributed by atoms with van der Waals surface area (Å²) in [6, 6.07) is 4.60. The second-order valence-electron chi connectivity index (χ2n) is 5.90. The number of nitrogens with one attached hydrogen (secondary N) is 1. The van der Waals surface area contributed by atoms with Crippen molar-refractivity contribution in [3.8, 4) is 17.2 Å². The van der Waals surface area contributed by atoms with Gasteiger partial charge in [0, 0.05) is 32.2 Å². The average Bonchev–Trinajstić information content (AvgIpc) is 2.61. The fourth-order valence-corrected chi connectivity index (χ4v) is 3.25. The first kappa shape index (κ1) is 17.9. The van der Waals surface area contributed by atoms with Crippen LogP contribution in [0.2, 0.25) is 0 Å². The van der Waals surface area contributed by atoms with E-state index in [4.69, 9.17) is 14.2 Å². The summed E-state index contributed by atoms with van der Waals surface area (Å²) in [6.07, 6.45) is 3.56. The fourth-order valence-electron chi connectivity index (χ4n) is 3.25. The van der Waals surface area contributed by atoms with Crippen LogP contribution < -0.4 is 19.5 Å². The molecule has 1 atom stereocenters. The van der Waals surface area contributed by atoms with Crippen molar-refractivity contribution in [2.45, 2.75) is 32.2 Å². The summed E-state index contributed by atoms with van der Waals surface area (Å²) in [5.41, 5.74) is 1.25. The van der Waals surface area contributed by atoms with E-state index >= 15 is 0 Å². The zero-order chi connectivity index (χ0) is 16.7. The van der Waals surface area contributed by atoms with Crippen molar-refractivity contribution in [3.63, 3.8) is 0 Å². The van der Waals surface area contributed by atoms with Crippen molar-refractivity contribution < 1.29 is 14.2 Å². The minimum atomic E-state index is 0.394. The van der Waals surface area contributed by atoms with Gasteiger partial charge in [-0.25, -0.2) is 0 Å². The first-order chi connectivity index (χ1) is 11.2. The highest BCUT2D eigenvalue weighted by atomic mass is 16.5. The second kappa shape index (κ2) is 8.99. The van der Waals surface area contributed by atoms with Crippen LogP contribution in [0, 0.1) is 0 Å². The molecule has 1 fully saturated rings. The molecular formula is C18H30N2O3. The van der Waals surface area contributed by atoms with Crippen molar-refractivity contribution in [1.29, 1.82) is 0 Å². The Labute approximate surface area is 139 Å². The molecule has 0 bridgehead atoms. The molecule has 23 heavy (non-hydrogen) atoms. The molecule has 0 saturated carbocycles. The topological polar surface area (TPSA) is 43.0 Å². The Balaban J connectivity index is 2.36. The Kier molecular flexibility index (Phi) is 6.99. The Morgan fingerprint density at radius 1 is 1.04 bits per heavy atom. The van der Waals surface area contributed by atoms with E-state index in [1.54, 1.807) is 21.3 Å². The molecule has 5 heteroatoms. The van der Waals surface area contributed by atoms with Crippen molar-refractivity contribution >= 4 is 0 Å². The fraction of sp³-hybridized carbons (Fsp3) is 0.667. The highest BCUT2D eigenvalue weighted by molar-refractivity contribution is 5.54. The molecule has 1 aliphatic heterocycles. The number of hydrogen-bond donors (Lipinski definition) is 1. The van der Waals surface area contributed by atoms with Crippen LogP contribution in [0.1, 0.15) is 37.8 Å². The van der Waals surface area contributed by atoms with Crippen LogP contribution in [-0.2, 0) is 0 Å². The van der Waals surface area contributed by atoms with E-state index < -0.39 is 0 Å². The number of hydrogen-bond acceptors (Lipinski definition) is 5. The third-order valence-electron chi connectivity index (χ3n) is 4.50. The minimum absolute atomic E-state index is 0.394. The predicted octanol–water partition coefficient (Wildman–Crippen LogP) is 2.85. The van der Waals surface area contributed by atoms with Crippen LogP contribution in [-0.4, -0.2) is 52.4 Å². The second-order valence-corrected chi connectivity index (χ2v) is 5.90. The van der Waals surface area contributed by atoms with E-state index in [-0.39, 0.29) is 0 Å². The van der Waals surface area contributed by atoms with Crippen LogP contribution in [0.3, 0.4) is 0 Å². The Morgan fingerprint density at radius 2 is 1.65 bits per heavy atom. The first-order valence-corrected chi connectivity index (χ1v) is 8.49. The summed E-state index contributed by atoms with van der Waals surface area (Å²) in [6.45, 7) is 6.49. The van der Waals surface area contributed by atoms with Gasteiger partial charge in [0.05, 0.1) is 21.3 Å². The molecule has 5 nitrogen and oxygen atoms in total. The molecule has 0 amide bonds. The molecule has 0 aromatic heterocycles. The predicted molar refractivity (Wildman–Crippen MR) is 92.8 cm³/mol. The van der Waals surface area contributed by atoms with Gasteiger partial charge in [-0.05, 0) is 24.1 Å². The van der Waals surface area contributed by atoms with Crippen molar-refractivity contribution in [2.75, 3.05) is 47.5 Å². The number of methoxy groups -OCH3 is 3. The molecule has 2 rings (SSSR count). The number of rotatable bonds is 8. The van der Waals surface area contributed by atoms with Crippen molar-refractivity contribution in [3.05, 3.63) is 17.7 Å². The highest BCUT2D eigenvalue weighted by Crippen LogP contribution is 2.41. The van der Waals surface area contributed by atoms with Gasteiger partial charge in [0.2, 0.25) is 5.75 Å². The Hall–Kier alpha value is -1.46. The molecule has 1 aliphatic rings. The Bertz CT molecular complexity index is 462. The van der Waals surface area contributed by atoms with Gasteiger partial charge in [0.1, 0.15) is 0 Å². The lowest BCUT2D eigenvalue weighted by Gasteiger charge is -2.35. The van der Waals surface area contributed by atoms with Gasteiger partial charge < -0.3 is 19.5 Å². The molecule has 0 unspecified atom stereocenters. The lowest BCUT2D eigenvalue weighted by molar-refractivity contribution is 0.162. The van der Waals surface area contributed by atoms with E-state index in [0.29, 0.717) is 11.8 Å². The number of unbranched alkanes of at least 4 members (excludes halogenated alkanes) is 1. The molecule has 1 saturated heterocycles. The summed E-state index contributed by atoms with van der Waals surface area (Å²) in [4.78, 5) is 2.56. The van der Waals surface area contributed by atoms with E-state index in [2.05, 4.69) is 29.3 Å². The van der Waals surface area contributed by atoms with Crippen LogP contribution in [0.15, 0.2) is 12.1 Å². The molecular weight excluding hydrogens is 292 g/mol. The maximum atomic E-state index is 5.53. The van der Waals surface area contributed by atoms with E-state index in [9.17, 15) is 0 Å². The summed E-state index contributed by atoms with van der Waals surface area (Å²) >= 11 is 0. The maximum absolute atomic E-state index is 5.53. The molecule has 0 radical (unpaired) electrons.